The van der Waals surface area contributed by atoms with Crippen LogP contribution >= 0.6 is 0 Å². The lowest BCUT2D eigenvalue weighted by atomic mass is 9.81. The average Bonchev–Trinajstić information content (AvgIpc) is 3.04. The lowest BCUT2D eigenvalue weighted by Gasteiger charge is -2.36. The molecule has 0 saturated carbocycles. The molecule has 3 rings (SSSR count). The van der Waals surface area contributed by atoms with Gasteiger partial charge in [0.2, 0.25) is 0 Å². The van der Waals surface area contributed by atoms with Gasteiger partial charge in [0.15, 0.2) is 0 Å². The Morgan fingerprint density at radius 3 is 2.73 bits per heavy atom. The number of rotatable bonds is 2. The highest BCUT2D eigenvalue weighted by atomic mass is 16.2. The van der Waals surface area contributed by atoms with E-state index in [4.69, 9.17) is 5.73 Å². The van der Waals surface area contributed by atoms with Gasteiger partial charge in [0.1, 0.15) is 0 Å². The molecule has 6 nitrogen and oxygen atoms in total. The first kappa shape index (κ1) is 15.0. The number of primary amides is 1. The van der Waals surface area contributed by atoms with Gasteiger partial charge in [-0.25, -0.2) is 0 Å². The van der Waals surface area contributed by atoms with E-state index in [2.05, 4.69) is 35.1 Å². The van der Waals surface area contributed by atoms with Crippen LogP contribution in [0.4, 0.5) is 0 Å². The molecule has 1 aromatic rings. The van der Waals surface area contributed by atoms with Crippen LogP contribution in [0.3, 0.4) is 0 Å². The fourth-order valence-corrected chi connectivity index (χ4v) is 3.63. The van der Waals surface area contributed by atoms with Crippen molar-refractivity contribution in [3.05, 3.63) is 35.9 Å². The van der Waals surface area contributed by atoms with Crippen molar-refractivity contribution < 1.29 is 9.59 Å². The minimum absolute atomic E-state index is 0.255. The third kappa shape index (κ3) is 2.98. The van der Waals surface area contributed by atoms with Crippen molar-refractivity contribution in [1.82, 2.24) is 15.8 Å². The lowest BCUT2D eigenvalue weighted by molar-refractivity contribution is -0.145. The standard InChI is InChI=1S/C16H22N4O2/c17-15(21)16(22)20-8-4-7-12(10-20)14-13(9-18-19-14)11-5-2-1-3-6-11/h1-3,5-6,12-14,18-19H,4,7-10H2,(H2,17,21). The Bertz CT molecular complexity index is 548. The van der Waals surface area contributed by atoms with Crippen LogP contribution in [0.1, 0.15) is 24.3 Å². The van der Waals surface area contributed by atoms with E-state index in [1.807, 2.05) is 6.07 Å². The molecular formula is C16H22N4O2. The minimum atomic E-state index is -0.863. The summed E-state index contributed by atoms with van der Waals surface area (Å²) in [6.07, 6.45) is 1.95. The molecule has 0 aromatic heterocycles. The summed E-state index contributed by atoms with van der Waals surface area (Å²) >= 11 is 0. The molecular weight excluding hydrogens is 280 g/mol. The molecule has 1 aromatic carbocycles. The summed E-state index contributed by atoms with van der Waals surface area (Å²) < 4.78 is 0. The second-order valence-electron chi connectivity index (χ2n) is 6.09. The highest BCUT2D eigenvalue weighted by Crippen LogP contribution is 2.31. The van der Waals surface area contributed by atoms with Crippen LogP contribution in [0.15, 0.2) is 30.3 Å². The quantitative estimate of drug-likeness (QED) is 0.670. The van der Waals surface area contributed by atoms with Crippen LogP contribution in [0.2, 0.25) is 0 Å². The van der Waals surface area contributed by atoms with Crippen LogP contribution in [0.25, 0.3) is 0 Å². The molecule has 3 unspecified atom stereocenters. The lowest BCUT2D eigenvalue weighted by Crippen LogP contribution is -2.50. The van der Waals surface area contributed by atoms with E-state index in [1.54, 1.807) is 4.90 Å². The van der Waals surface area contributed by atoms with Gasteiger partial charge in [-0.1, -0.05) is 30.3 Å². The van der Waals surface area contributed by atoms with Crippen molar-refractivity contribution in [2.45, 2.75) is 24.8 Å². The molecule has 2 heterocycles. The molecule has 2 saturated heterocycles. The topological polar surface area (TPSA) is 87.5 Å². The third-order valence-electron chi connectivity index (χ3n) is 4.72. The van der Waals surface area contributed by atoms with Gasteiger partial charge >= 0.3 is 11.8 Å². The summed E-state index contributed by atoms with van der Waals surface area (Å²) in [6.45, 7) is 2.08. The molecule has 3 atom stereocenters. The van der Waals surface area contributed by atoms with E-state index in [0.29, 0.717) is 24.9 Å². The first-order chi connectivity index (χ1) is 10.7. The van der Waals surface area contributed by atoms with Crippen molar-refractivity contribution in [2.24, 2.45) is 11.7 Å². The Morgan fingerprint density at radius 1 is 1.23 bits per heavy atom. The number of carbonyl (C=O) groups is 2. The fraction of sp³-hybridized carbons (Fsp3) is 0.500. The van der Waals surface area contributed by atoms with E-state index in [0.717, 1.165) is 19.4 Å². The second kappa shape index (κ2) is 6.46. The Labute approximate surface area is 130 Å². The molecule has 2 aliphatic rings. The number of amides is 2. The maximum absolute atomic E-state index is 11.8. The highest BCUT2D eigenvalue weighted by molar-refractivity contribution is 6.34. The first-order valence-corrected chi connectivity index (χ1v) is 7.79. The SMILES string of the molecule is NC(=O)C(=O)N1CCCC(C2NNCC2c2ccccc2)C1. The van der Waals surface area contributed by atoms with Crippen molar-refractivity contribution in [1.29, 1.82) is 0 Å². The van der Waals surface area contributed by atoms with Crippen molar-refractivity contribution in [3.63, 3.8) is 0 Å². The minimum Gasteiger partial charge on any atom is -0.361 e. The zero-order chi connectivity index (χ0) is 15.5. The number of nitrogens with one attached hydrogen (secondary N) is 2. The van der Waals surface area contributed by atoms with Gasteiger partial charge in [-0.05, 0) is 24.3 Å². The predicted octanol–water partition coefficient (Wildman–Crippen LogP) is -0.0295. The summed E-state index contributed by atoms with van der Waals surface area (Å²) in [7, 11) is 0. The Hall–Kier alpha value is -1.92. The molecule has 2 fully saturated rings. The van der Waals surface area contributed by atoms with E-state index >= 15 is 0 Å². The van der Waals surface area contributed by atoms with Crippen LogP contribution in [-0.4, -0.2) is 42.4 Å². The molecule has 6 heteroatoms. The number of hydrogen-bond donors (Lipinski definition) is 3. The number of carbonyl (C=O) groups excluding carboxylic acids is 2. The zero-order valence-electron chi connectivity index (χ0n) is 12.5. The van der Waals surface area contributed by atoms with Crippen molar-refractivity contribution >= 4 is 11.8 Å². The Morgan fingerprint density at radius 2 is 2.00 bits per heavy atom. The third-order valence-corrected chi connectivity index (χ3v) is 4.72. The molecule has 4 N–H and O–H groups in total. The summed E-state index contributed by atoms with van der Waals surface area (Å²) in [6, 6.07) is 10.7. The molecule has 0 radical (unpaired) electrons. The normalized spacial score (nSPS) is 28.5. The summed E-state index contributed by atoms with van der Waals surface area (Å²) in [5.74, 6) is -0.739. The number of benzene rings is 1. The Balaban J connectivity index is 1.72. The Kier molecular flexibility index (Phi) is 4.40. The predicted molar refractivity (Wildman–Crippen MR) is 82.6 cm³/mol. The van der Waals surface area contributed by atoms with E-state index < -0.39 is 11.8 Å². The van der Waals surface area contributed by atoms with Crippen molar-refractivity contribution in [2.75, 3.05) is 19.6 Å². The van der Waals surface area contributed by atoms with Crippen LogP contribution < -0.4 is 16.6 Å². The second-order valence-corrected chi connectivity index (χ2v) is 6.09. The largest absolute Gasteiger partial charge is 0.361 e. The molecule has 0 bridgehead atoms. The molecule has 2 amide bonds. The van der Waals surface area contributed by atoms with Gasteiger partial charge in [0.05, 0.1) is 0 Å². The van der Waals surface area contributed by atoms with Crippen LogP contribution in [0.5, 0.6) is 0 Å². The van der Waals surface area contributed by atoms with Gasteiger partial charge < -0.3 is 10.6 Å². The number of nitrogens with zero attached hydrogens (tertiary/aromatic N) is 1. The summed E-state index contributed by atoms with van der Waals surface area (Å²) in [4.78, 5) is 24.5. The summed E-state index contributed by atoms with van der Waals surface area (Å²) in [5.41, 5.74) is 13.0. The van der Waals surface area contributed by atoms with E-state index in [9.17, 15) is 9.59 Å². The van der Waals surface area contributed by atoms with Gasteiger partial charge in [0.25, 0.3) is 0 Å². The maximum atomic E-state index is 11.8. The molecule has 2 aliphatic heterocycles. The van der Waals surface area contributed by atoms with E-state index in [1.165, 1.54) is 5.56 Å². The van der Waals surface area contributed by atoms with Crippen LogP contribution in [0, 0.1) is 5.92 Å². The molecule has 118 valence electrons. The number of nitrogens with two attached hydrogens (primary N) is 1. The first-order valence-electron chi connectivity index (χ1n) is 7.79. The molecule has 0 aliphatic carbocycles. The maximum Gasteiger partial charge on any atom is 0.311 e. The number of hydrazine groups is 1. The molecule has 0 spiro atoms. The van der Waals surface area contributed by atoms with Crippen molar-refractivity contribution in [3.8, 4) is 0 Å². The number of likely N-dealkylation sites (tertiary alicyclic amines) is 1. The number of hydrogen-bond acceptors (Lipinski definition) is 4. The van der Waals surface area contributed by atoms with Gasteiger partial charge in [-0.15, -0.1) is 0 Å². The zero-order valence-corrected chi connectivity index (χ0v) is 12.5. The number of piperidine rings is 1. The van der Waals surface area contributed by atoms with Crippen LogP contribution in [-0.2, 0) is 9.59 Å². The average molecular weight is 302 g/mol. The van der Waals surface area contributed by atoms with Gasteiger partial charge in [0, 0.05) is 31.6 Å². The molecule has 22 heavy (non-hydrogen) atoms. The highest BCUT2D eigenvalue weighted by Gasteiger charge is 2.38. The monoisotopic (exact) mass is 302 g/mol. The smallest absolute Gasteiger partial charge is 0.311 e. The van der Waals surface area contributed by atoms with Gasteiger partial charge in [-0.2, -0.15) is 0 Å². The fourth-order valence-electron chi connectivity index (χ4n) is 3.63. The van der Waals surface area contributed by atoms with Gasteiger partial charge in [-0.3, -0.25) is 20.4 Å². The van der Waals surface area contributed by atoms with E-state index in [-0.39, 0.29) is 6.04 Å². The summed E-state index contributed by atoms with van der Waals surface area (Å²) in [5, 5.41) is 0.